The number of hydrogen-bond donors (Lipinski definition) is 0. The fourth-order valence-electron chi connectivity index (χ4n) is 5.09. The fourth-order valence-corrected chi connectivity index (χ4v) is 11.1. The van der Waals surface area contributed by atoms with E-state index in [0.29, 0.717) is 6.42 Å². The molecule has 1 aliphatic rings. The van der Waals surface area contributed by atoms with Crippen LogP contribution in [0.2, 0.25) is 0 Å². The van der Waals surface area contributed by atoms with E-state index in [0.717, 1.165) is 21.9 Å². The van der Waals surface area contributed by atoms with Crippen molar-refractivity contribution in [1.29, 1.82) is 0 Å². The van der Waals surface area contributed by atoms with Crippen LogP contribution >= 0.6 is 6.98 Å². The number of allylic oxidation sites excluding steroid dienone is 1. The first-order valence-electron chi connectivity index (χ1n) is 10.8. The van der Waals surface area contributed by atoms with Gasteiger partial charge in [0, 0.05) is 0 Å². The van der Waals surface area contributed by atoms with Crippen molar-refractivity contribution in [2.45, 2.75) is 24.6 Å². The quantitative estimate of drug-likeness (QED) is 0.225. The van der Waals surface area contributed by atoms with E-state index in [1.807, 2.05) is 91.0 Å². The summed E-state index contributed by atoms with van der Waals surface area (Å²) in [5.74, 6) is 0.770. The summed E-state index contributed by atoms with van der Waals surface area (Å²) >= 11 is 0. The minimum absolute atomic E-state index is 0.312. The summed E-state index contributed by atoms with van der Waals surface area (Å²) < 4.78 is 22.4. The van der Waals surface area contributed by atoms with E-state index >= 15 is 0 Å². The van der Waals surface area contributed by atoms with Crippen LogP contribution in [-0.2, 0) is 9.26 Å². The van der Waals surface area contributed by atoms with Crippen molar-refractivity contribution in [1.82, 2.24) is 0 Å². The van der Waals surface area contributed by atoms with E-state index in [1.54, 1.807) is 7.11 Å². The molecule has 0 aliphatic carbocycles. The number of ether oxygens (including phenoxy) is 2. The Morgan fingerprint density at radius 2 is 1.55 bits per heavy atom. The third-order valence-electron chi connectivity index (χ3n) is 6.72. The molecule has 0 radical (unpaired) electrons. The average molecular weight is 463 g/mol. The first kappa shape index (κ1) is 23.0. The number of benzene rings is 3. The first-order chi connectivity index (χ1) is 15.9. The van der Waals surface area contributed by atoms with Crippen molar-refractivity contribution in [2.75, 3.05) is 14.2 Å². The summed E-state index contributed by atoms with van der Waals surface area (Å²) in [4.78, 5) is 0. The molecule has 0 amide bonds. The summed E-state index contributed by atoms with van der Waals surface area (Å²) in [7, 11) is 2.99. The third kappa shape index (κ3) is 3.18. The minimum atomic E-state index is -3.95. The van der Waals surface area contributed by atoms with Crippen molar-refractivity contribution >= 4 is 23.7 Å². The number of methoxy groups -OCH3 is 2. The van der Waals surface area contributed by atoms with Crippen LogP contribution in [0.15, 0.2) is 102 Å². The molecule has 33 heavy (non-hydrogen) atoms. The van der Waals surface area contributed by atoms with Crippen LogP contribution < -0.4 is 20.5 Å². The van der Waals surface area contributed by atoms with Crippen LogP contribution in [0.25, 0.3) is 0 Å². The first-order valence-corrected chi connectivity index (χ1v) is 12.9. The molecule has 1 fully saturated rings. The standard InChI is InChI=1S/C27H30NO4P/c1-5-20-27(2)25(21-16-18-22(30-3)19-17-21)32-33(27,28-26(29)31-4,23-12-8-6-9-13-23)24-14-10-7-11-15-24/h5-19,25H,1,20H2,2-4H3,(H,28,29)/p-1. The van der Waals surface area contributed by atoms with Gasteiger partial charge in [-0.05, 0) is 0 Å². The molecule has 5 nitrogen and oxygen atoms in total. The zero-order valence-corrected chi connectivity index (χ0v) is 20.1. The molecule has 0 saturated carbocycles. The van der Waals surface area contributed by atoms with Crippen molar-refractivity contribution in [2.24, 2.45) is 4.76 Å². The molecule has 0 aromatic heterocycles. The second-order valence-corrected chi connectivity index (χ2v) is 12.8. The average Bonchev–Trinajstić information content (AvgIpc) is 2.87. The maximum atomic E-state index is 12.9. The van der Waals surface area contributed by atoms with Gasteiger partial charge in [-0.3, -0.25) is 0 Å². The molecule has 0 bridgehead atoms. The van der Waals surface area contributed by atoms with Crippen LogP contribution in [-0.4, -0.2) is 25.5 Å². The van der Waals surface area contributed by atoms with Crippen LogP contribution in [0.5, 0.6) is 5.75 Å². The predicted molar refractivity (Wildman–Crippen MR) is 134 cm³/mol. The van der Waals surface area contributed by atoms with Crippen LogP contribution in [0.3, 0.4) is 0 Å². The van der Waals surface area contributed by atoms with E-state index in [2.05, 4.69) is 13.5 Å². The normalized spacial score (nSPS) is 24.5. The maximum absolute atomic E-state index is 12.9. The topological polar surface area (TPSA) is 63.1 Å². The number of nitrogens with zero attached hydrogens (tertiary/aromatic N) is 1. The van der Waals surface area contributed by atoms with Crippen molar-refractivity contribution in [3.8, 4) is 5.75 Å². The van der Waals surface area contributed by atoms with Gasteiger partial charge in [0.05, 0.1) is 0 Å². The molecule has 3 aromatic carbocycles. The van der Waals surface area contributed by atoms with E-state index < -0.39 is 18.2 Å². The van der Waals surface area contributed by atoms with Gasteiger partial charge in [0.25, 0.3) is 0 Å². The number of hydrogen-bond acceptors (Lipinski definition) is 5. The zero-order valence-electron chi connectivity index (χ0n) is 19.2. The van der Waals surface area contributed by atoms with Gasteiger partial charge in [-0.25, -0.2) is 0 Å². The Hall–Kier alpha value is -3.14. The van der Waals surface area contributed by atoms with E-state index in [-0.39, 0.29) is 6.10 Å². The van der Waals surface area contributed by atoms with Gasteiger partial charge in [-0.15, -0.1) is 0 Å². The molecule has 0 N–H and O–H groups in total. The number of rotatable bonds is 7. The van der Waals surface area contributed by atoms with Gasteiger partial charge < -0.3 is 0 Å². The molecule has 3 aromatic rings. The zero-order chi connectivity index (χ0) is 23.6. The molecule has 1 heterocycles. The van der Waals surface area contributed by atoms with Crippen molar-refractivity contribution in [3.63, 3.8) is 0 Å². The summed E-state index contributed by atoms with van der Waals surface area (Å²) in [6, 6.07) is 27.6. The summed E-state index contributed by atoms with van der Waals surface area (Å²) in [6.45, 7) is 2.26. The van der Waals surface area contributed by atoms with Gasteiger partial charge >= 0.3 is 195 Å². The second-order valence-electron chi connectivity index (χ2n) is 8.34. The molecule has 2 atom stereocenters. The summed E-state index contributed by atoms with van der Waals surface area (Å²) in [6.07, 6.45) is 1.52. The van der Waals surface area contributed by atoms with Gasteiger partial charge in [0.15, 0.2) is 0 Å². The fraction of sp³-hybridized carbons (Fsp3) is 0.222. The molecule has 4 rings (SSSR count). The summed E-state index contributed by atoms with van der Waals surface area (Å²) in [5.41, 5.74) is 0.993. The molecule has 6 heteroatoms. The Morgan fingerprint density at radius 3 is 2.00 bits per heavy atom. The molecular formula is C27H29NO4P-. The Morgan fingerprint density at radius 1 is 1.00 bits per heavy atom. The van der Waals surface area contributed by atoms with Crippen molar-refractivity contribution < 1.29 is 19.1 Å². The van der Waals surface area contributed by atoms with Gasteiger partial charge in [-0.1, -0.05) is 0 Å². The Labute approximate surface area is 195 Å². The second kappa shape index (κ2) is 8.66. The van der Waals surface area contributed by atoms with Crippen LogP contribution in [0.1, 0.15) is 25.0 Å². The monoisotopic (exact) mass is 462 g/mol. The van der Waals surface area contributed by atoms with Gasteiger partial charge in [0.1, 0.15) is 0 Å². The molecule has 1 saturated heterocycles. The molecule has 2 unspecified atom stereocenters. The van der Waals surface area contributed by atoms with Gasteiger partial charge in [0.2, 0.25) is 0 Å². The Balaban J connectivity index is 2.07. The Kier molecular flexibility index (Phi) is 6.04. The van der Waals surface area contributed by atoms with Gasteiger partial charge in [-0.2, -0.15) is 0 Å². The molecular weight excluding hydrogens is 433 g/mol. The van der Waals surface area contributed by atoms with Crippen LogP contribution in [0, 0.1) is 0 Å². The molecule has 172 valence electrons. The van der Waals surface area contributed by atoms with E-state index in [4.69, 9.17) is 18.8 Å². The summed E-state index contributed by atoms with van der Waals surface area (Å²) in [5, 5.41) is 14.1. The molecule has 1 aliphatic heterocycles. The Bertz CT molecular complexity index is 1110. The van der Waals surface area contributed by atoms with E-state index in [9.17, 15) is 5.11 Å². The predicted octanol–water partition coefficient (Wildman–Crippen LogP) is 4.50. The van der Waals surface area contributed by atoms with E-state index in [1.165, 1.54) is 7.11 Å². The van der Waals surface area contributed by atoms with Crippen LogP contribution in [0.4, 0.5) is 0 Å². The third-order valence-corrected chi connectivity index (χ3v) is 12.7. The SMILES string of the molecule is C=CCC1(C)C(c2ccc(OC)cc2)OP1(N=C([O-])OC)(c1ccccc1)c1ccccc1. The van der Waals surface area contributed by atoms with Crippen molar-refractivity contribution in [3.05, 3.63) is 103 Å². The molecule has 0 spiro atoms.